The lowest BCUT2D eigenvalue weighted by molar-refractivity contribution is -0.385. The summed E-state index contributed by atoms with van der Waals surface area (Å²) in [6.07, 6.45) is 2.26. The number of rotatable bonds is 4. The van der Waals surface area contributed by atoms with Gasteiger partial charge in [0.15, 0.2) is 0 Å². The van der Waals surface area contributed by atoms with E-state index in [1.165, 1.54) is 6.07 Å². The highest BCUT2D eigenvalue weighted by molar-refractivity contribution is 9.10. The van der Waals surface area contributed by atoms with Crippen LogP contribution in [0, 0.1) is 10.1 Å². The lowest BCUT2D eigenvalue weighted by atomic mass is 10.0. The van der Waals surface area contributed by atoms with Gasteiger partial charge in [0.25, 0.3) is 5.69 Å². The van der Waals surface area contributed by atoms with Crippen molar-refractivity contribution in [2.75, 3.05) is 20.1 Å². The Balaban J connectivity index is 2.10. The third-order valence-corrected chi connectivity index (χ3v) is 4.52. The maximum Gasteiger partial charge on any atom is 0.283 e. The van der Waals surface area contributed by atoms with Gasteiger partial charge in [-0.3, -0.25) is 15.0 Å². The fourth-order valence-electron chi connectivity index (χ4n) is 2.47. The number of nitro groups is 1. The van der Waals surface area contributed by atoms with Gasteiger partial charge in [-0.1, -0.05) is 12.1 Å². The first-order valence-corrected chi connectivity index (χ1v) is 7.21. The highest BCUT2D eigenvalue weighted by Gasteiger charge is 2.20. The van der Waals surface area contributed by atoms with E-state index < -0.39 is 0 Å². The molecule has 0 amide bonds. The second kappa shape index (κ2) is 6.45. The molecule has 0 radical (unpaired) electrons. The number of piperidine rings is 1. The minimum Gasteiger partial charge on any atom is -0.317 e. The largest absolute Gasteiger partial charge is 0.317 e. The number of halogens is 1. The van der Waals surface area contributed by atoms with Crippen LogP contribution in [0.4, 0.5) is 5.69 Å². The molecule has 1 aliphatic heterocycles. The van der Waals surface area contributed by atoms with Crippen LogP contribution in [0.25, 0.3) is 0 Å². The highest BCUT2D eigenvalue weighted by Crippen LogP contribution is 2.29. The van der Waals surface area contributed by atoms with Crippen LogP contribution < -0.4 is 5.32 Å². The van der Waals surface area contributed by atoms with E-state index in [9.17, 15) is 10.1 Å². The van der Waals surface area contributed by atoms with Crippen LogP contribution in [0.3, 0.4) is 0 Å². The van der Waals surface area contributed by atoms with Crippen LogP contribution in [-0.2, 0) is 6.54 Å². The summed E-state index contributed by atoms with van der Waals surface area (Å²) in [6, 6.07) is 5.76. The molecular weight excluding hydrogens is 310 g/mol. The van der Waals surface area contributed by atoms with Gasteiger partial charge in [0.1, 0.15) is 0 Å². The first kappa shape index (κ1) is 14.4. The third-order valence-electron chi connectivity index (χ3n) is 3.61. The Hall–Kier alpha value is -0.980. The molecule has 1 aromatic carbocycles. The number of hydrogen-bond acceptors (Lipinski definition) is 4. The minimum atomic E-state index is -0.349. The maximum absolute atomic E-state index is 10.9. The summed E-state index contributed by atoms with van der Waals surface area (Å²) < 4.78 is 0.598. The predicted octanol–water partition coefficient (Wildman–Crippen LogP) is 2.54. The van der Waals surface area contributed by atoms with Crippen molar-refractivity contribution in [2.45, 2.75) is 25.4 Å². The summed E-state index contributed by atoms with van der Waals surface area (Å²) in [4.78, 5) is 12.8. The van der Waals surface area contributed by atoms with Crippen molar-refractivity contribution in [1.29, 1.82) is 0 Å². The van der Waals surface area contributed by atoms with Crippen molar-refractivity contribution in [3.05, 3.63) is 38.3 Å². The van der Waals surface area contributed by atoms with Gasteiger partial charge in [-0.15, -0.1) is 0 Å². The molecule has 0 spiro atoms. The Morgan fingerprint density at radius 2 is 2.16 bits per heavy atom. The van der Waals surface area contributed by atoms with Crippen LogP contribution in [0.15, 0.2) is 22.7 Å². The van der Waals surface area contributed by atoms with Gasteiger partial charge in [0, 0.05) is 18.7 Å². The quantitative estimate of drug-likeness (QED) is 0.682. The zero-order valence-electron chi connectivity index (χ0n) is 10.9. The summed E-state index contributed by atoms with van der Waals surface area (Å²) >= 11 is 3.35. The molecule has 1 aromatic rings. The molecule has 0 aliphatic carbocycles. The van der Waals surface area contributed by atoms with Gasteiger partial charge in [-0.25, -0.2) is 0 Å². The first-order valence-electron chi connectivity index (χ1n) is 6.42. The molecule has 1 aliphatic rings. The molecule has 1 fully saturated rings. The SMILES string of the molecule is CN(Cc1cccc([N+](=O)[O-])c1Br)C1CCNCC1. The zero-order chi connectivity index (χ0) is 13.8. The monoisotopic (exact) mass is 327 g/mol. The molecule has 5 nitrogen and oxygen atoms in total. The summed E-state index contributed by atoms with van der Waals surface area (Å²) in [5.41, 5.74) is 1.10. The van der Waals surface area contributed by atoms with Crippen LogP contribution in [0.1, 0.15) is 18.4 Å². The Labute approximate surface area is 121 Å². The molecule has 1 heterocycles. The molecule has 19 heavy (non-hydrogen) atoms. The molecule has 1 saturated heterocycles. The molecule has 0 saturated carbocycles. The van der Waals surface area contributed by atoms with E-state index in [0.29, 0.717) is 10.5 Å². The fraction of sp³-hybridized carbons (Fsp3) is 0.538. The van der Waals surface area contributed by atoms with E-state index in [0.717, 1.165) is 38.0 Å². The lowest BCUT2D eigenvalue weighted by Gasteiger charge is -2.31. The third kappa shape index (κ3) is 3.52. The van der Waals surface area contributed by atoms with Gasteiger partial charge < -0.3 is 5.32 Å². The fourth-order valence-corrected chi connectivity index (χ4v) is 3.01. The van der Waals surface area contributed by atoms with Gasteiger partial charge in [-0.05, 0) is 54.5 Å². The van der Waals surface area contributed by atoms with Crippen LogP contribution in [0.2, 0.25) is 0 Å². The normalized spacial score (nSPS) is 16.8. The summed E-state index contributed by atoms with van der Waals surface area (Å²) in [7, 11) is 2.08. The average molecular weight is 328 g/mol. The van der Waals surface area contributed by atoms with Crippen molar-refractivity contribution in [3.8, 4) is 0 Å². The second-order valence-electron chi connectivity index (χ2n) is 4.90. The summed E-state index contributed by atoms with van der Waals surface area (Å²) in [5.74, 6) is 0. The van der Waals surface area contributed by atoms with Gasteiger partial charge in [-0.2, -0.15) is 0 Å². The van der Waals surface area contributed by atoms with E-state index >= 15 is 0 Å². The van der Waals surface area contributed by atoms with Crippen molar-refractivity contribution in [1.82, 2.24) is 10.2 Å². The van der Waals surface area contributed by atoms with Crippen LogP contribution in [0.5, 0.6) is 0 Å². The number of nitrogens with zero attached hydrogens (tertiary/aromatic N) is 2. The number of nitrogens with one attached hydrogen (secondary N) is 1. The molecule has 0 unspecified atom stereocenters. The van der Waals surface area contributed by atoms with Crippen molar-refractivity contribution < 1.29 is 4.92 Å². The predicted molar refractivity (Wildman–Crippen MR) is 78.2 cm³/mol. The van der Waals surface area contributed by atoms with Crippen LogP contribution >= 0.6 is 15.9 Å². The Morgan fingerprint density at radius 3 is 2.79 bits per heavy atom. The topological polar surface area (TPSA) is 58.4 Å². The highest BCUT2D eigenvalue weighted by atomic mass is 79.9. The van der Waals surface area contributed by atoms with E-state index in [4.69, 9.17) is 0 Å². The zero-order valence-corrected chi connectivity index (χ0v) is 12.5. The Kier molecular flexibility index (Phi) is 4.90. The van der Waals surface area contributed by atoms with Gasteiger partial charge in [0.2, 0.25) is 0 Å². The molecule has 1 N–H and O–H groups in total. The molecule has 2 rings (SSSR count). The summed E-state index contributed by atoms with van der Waals surface area (Å²) in [5, 5.41) is 14.3. The van der Waals surface area contributed by atoms with Gasteiger partial charge in [0.05, 0.1) is 9.40 Å². The maximum atomic E-state index is 10.9. The van der Waals surface area contributed by atoms with Crippen LogP contribution in [-0.4, -0.2) is 36.0 Å². The van der Waals surface area contributed by atoms with E-state index in [2.05, 4.69) is 33.2 Å². The van der Waals surface area contributed by atoms with Crippen molar-refractivity contribution in [2.24, 2.45) is 0 Å². The first-order chi connectivity index (χ1) is 9.09. The lowest BCUT2D eigenvalue weighted by Crippen LogP contribution is -2.40. The Morgan fingerprint density at radius 1 is 1.47 bits per heavy atom. The molecule has 0 atom stereocenters. The smallest absolute Gasteiger partial charge is 0.283 e. The molecule has 0 aromatic heterocycles. The second-order valence-corrected chi connectivity index (χ2v) is 5.70. The average Bonchev–Trinajstić information content (AvgIpc) is 2.41. The standard InChI is InChI=1S/C13H18BrN3O2/c1-16(11-5-7-15-8-6-11)9-10-3-2-4-12(13(10)14)17(18)19/h2-4,11,15H,5-9H2,1H3. The molecular formula is C13H18BrN3O2. The molecule has 104 valence electrons. The van der Waals surface area contributed by atoms with E-state index in [-0.39, 0.29) is 10.6 Å². The van der Waals surface area contributed by atoms with Crippen molar-refractivity contribution in [3.63, 3.8) is 0 Å². The van der Waals surface area contributed by atoms with Crippen molar-refractivity contribution >= 4 is 21.6 Å². The van der Waals surface area contributed by atoms with Gasteiger partial charge >= 0.3 is 0 Å². The van der Waals surface area contributed by atoms with E-state index in [1.54, 1.807) is 6.07 Å². The number of benzene rings is 1. The molecule has 6 heteroatoms. The van der Waals surface area contributed by atoms with E-state index in [1.807, 2.05) is 6.07 Å². The number of nitro benzene ring substituents is 1. The minimum absolute atomic E-state index is 0.135. The Bertz CT molecular complexity index is 461. The summed E-state index contributed by atoms with van der Waals surface area (Å²) in [6.45, 7) is 2.82. The molecule has 0 bridgehead atoms. The number of hydrogen-bond donors (Lipinski definition) is 1.